The lowest BCUT2D eigenvalue weighted by Crippen LogP contribution is -2.40. The summed E-state index contributed by atoms with van der Waals surface area (Å²) in [6.07, 6.45) is -4.72. The van der Waals surface area contributed by atoms with E-state index in [0.29, 0.717) is 5.69 Å². The Morgan fingerprint density at radius 3 is 2.44 bits per heavy atom. The molecule has 0 aliphatic heterocycles. The Labute approximate surface area is 90.6 Å². The van der Waals surface area contributed by atoms with Gasteiger partial charge < -0.3 is 5.32 Å². The number of hydrogen-bond donors (Lipinski definition) is 2. The summed E-state index contributed by atoms with van der Waals surface area (Å²) in [6, 6.07) is 3.72. The molecule has 3 nitrogen and oxygen atoms in total. The standard InChI is InChI=1S/C10H11F3N2O/c1-6-4-3-5-8(7(6)2)14-9(16)15-10(11,12)13/h3-5H,1-2H3,(H2,14,15,16). The van der Waals surface area contributed by atoms with E-state index in [4.69, 9.17) is 0 Å². The van der Waals surface area contributed by atoms with Crippen LogP contribution in [-0.4, -0.2) is 12.3 Å². The van der Waals surface area contributed by atoms with Crippen LogP contribution in [0.4, 0.5) is 23.7 Å². The lowest BCUT2D eigenvalue weighted by atomic mass is 10.1. The number of rotatable bonds is 1. The van der Waals surface area contributed by atoms with Crippen LogP contribution in [0.25, 0.3) is 0 Å². The van der Waals surface area contributed by atoms with Crippen molar-refractivity contribution >= 4 is 11.7 Å². The lowest BCUT2D eigenvalue weighted by Gasteiger charge is -2.12. The van der Waals surface area contributed by atoms with Gasteiger partial charge >= 0.3 is 12.3 Å². The maximum absolute atomic E-state index is 11.8. The Bertz CT molecular complexity index is 402. The van der Waals surface area contributed by atoms with Gasteiger partial charge in [-0.05, 0) is 31.0 Å². The third-order valence-electron chi connectivity index (χ3n) is 2.11. The third kappa shape index (κ3) is 3.45. The van der Waals surface area contributed by atoms with Crippen molar-refractivity contribution in [1.29, 1.82) is 0 Å². The van der Waals surface area contributed by atoms with Crippen molar-refractivity contribution < 1.29 is 18.0 Å². The van der Waals surface area contributed by atoms with Gasteiger partial charge in [0.15, 0.2) is 0 Å². The lowest BCUT2D eigenvalue weighted by molar-refractivity contribution is -0.144. The number of anilines is 1. The van der Waals surface area contributed by atoms with E-state index >= 15 is 0 Å². The van der Waals surface area contributed by atoms with Gasteiger partial charge in [0.05, 0.1) is 0 Å². The van der Waals surface area contributed by atoms with E-state index in [0.717, 1.165) is 16.4 Å². The van der Waals surface area contributed by atoms with Gasteiger partial charge in [-0.2, -0.15) is 13.2 Å². The summed E-state index contributed by atoms with van der Waals surface area (Å²) in [6.45, 7) is 3.53. The van der Waals surface area contributed by atoms with Gasteiger partial charge in [0, 0.05) is 5.69 Å². The molecule has 0 aliphatic carbocycles. The topological polar surface area (TPSA) is 41.1 Å². The number of amides is 2. The molecule has 0 saturated heterocycles. The molecule has 0 atom stereocenters. The Balaban J connectivity index is 2.74. The fourth-order valence-corrected chi connectivity index (χ4v) is 1.17. The van der Waals surface area contributed by atoms with Crippen LogP contribution >= 0.6 is 0 Å². The van der Waals surface area contributed by atoms with Crippen LogP contribution in [0.2, 0.25) is 0 Å². The fourth-order valence-electron chi connectivity index (χ4n) is 1.17. The Hall–Kier alpha value is -1.72. The minimum Gasteiger partial charge on any atom is -0.308 e. The predicted octanol–water partition coefficient (Wildman–Crippen LogP) is 2.94. The molecule has 0 unspecified atom stereocenters. The summed E-state index contributed by atoms with van der Waals surface area (Å²) in [4.78, 5) is 10.9. The first-order chi connectivity index (χ1) is 7.29. The first-order valence-electron chi connectivity index (χ1n) is 4.52. The van der Waals surface area contributed by atoms with Crippen molar-refractivity contribution in [3.05, 3.63) is 29.3 Å². The molecule has 1 rings (SSSR count). The molecule has 0 fully saturated rings. The molecule has 0 aliphatic rings. The highest BCUT2D eigenvalue weighted by molar-refractivity contribution is 5.90. The second kappa shape index (κ2) is 4.42. The highest BCUT2D eigenvalue weighted by atomic mass is 19.4. The average molecular weight is 232 g/mol. The smallest absolute Gasteiger partial charge is 0.308 e. The van der Waals surface area contributed by atoms with Gasteiger partial charge in [0.2, 0.25) is 0 Å². The molecule has 16 heavy (non-hydrogen) atoms. The first kappa shape index (κ1) is 12.4. The van der Waals surface area contributed by atoms with Crippen LogP contribution < -0.4 is 10.6 Å². The molecule has 0 aromatic heterocycles. The van der Waals surface area contributed by atoms with Crippen molar-refractivity contribution in [3.63, 3.8) is 0 Å². The second-order valence-corrected chi connectivity index (χ2v) is 3.32. The zero-order chi connectivity index (χ0) is 12.3. The van der Waals surface area contributed by atoms with E-state index in [1.807, 2.05) is 13.0 Å². The number of aryl methyl sites for hydroxylation is 1. The zero-order valence-corrected chi connectivity index (χ0v) is 8.77. The Kier molecular flexibility index (Phi) is 3.41. The van der Waals surface area contributed by atoms with E-state index in [9.17, 15) is 18.0 Å². The highest BCUT2D eigenvalue weighted by Gasteiger charge is 2.30. The van der Waals surface area contributed by atoms with Crippen LogP contribution in [0, 0.1) is 13.8 Å². The first-order valence-corrected chi connectivity index (χ1v) is 4.52. The molecule has 0 bridgehead atoms. The van der Waals surface area contributed by atoms with E-state index in [-0.39, 0.29) is 0 Å². The van der Waals surface area contributed by atoms with Gasteiger partial charge in [0.1, 0.15) is 0 Å². The van der Waals surface area contributed by atoms with E-state index < -0.39 is 12.3 Å². The highest BCUT2D eigenvalue weighted by Crippen LogP contribution is 2.18. The molecule has 0 heterocycles. The maximum atomic E-state index is 11.8. The third-order valence-corrected chi connectivity index (χ3v) is 2.11. The van der Waals surface area contributed by atoms with Gasteiger partial charge in [-0.3, -0.25) is 0 Å². The average Bonchev–Trinajstić information content (AvgIpc) is 2.09. The number of benzene rings is 1. The molecule has 6 heteroatoms. The minimum atomic E-state index is -4.72. The van der Waals surface area contributed by atoms with Crippen molar-refractivity contribution in [3.8, 4) is 0 Å². The van der Waals surface area contributed by atoms with Crippen LogP contribution in [0.1, 0.15) is 11.1 Å². The molecule has 0 saturated carbocycles. The molecule has 2 N–H and O–H groups in total. The normalized spacial score (nSPS) is 11.1. The summed E-state index contributed by atoms with van der Waals surface area (Å²) in [5.74, 6) is 0. The quantitative estimate of drug-likeness (QED) is 0.718. The zero-order valence-electron chi connectivity index (χ0n) is 8.77. The number of carbonyl (C=O) groups is 1. The number of urea groups is 1. The summed E-state index contributed by atoms with van der Waals surface area (Å²) in [5.41, 5.74) is 1.99. The molecule has 2 amide bonds. The van der Waals surface area contributed by atoms with Crippen molar-refractivity contribution in [2.24, 2.45) is 0 Å². The summed E-state index contributed by atoms with van der Waals surface area (Å²) >= 11 is 0. The van der Waals surface area contributed by atoms with Crippen LogP contribution in [0.3, 0.4) is 0 Å². The summed E-state index contributed by atoms with van der Waals surface area (Å²) < 4.78 is 35.5. The summed E-state index contributed by atoms with van der Waals surface area (Å²) in [5, 5.41) is 3.00. The van der Waals surface area contributed by atoms with Gasteiger partial charge in [-0.15, -0.1) is 0 Å². The number of halogens is 3. The van der Waals surface area contributed by atoms with E-state index in [2.05, 4.69) is 5.32 Å². The molecule has 1 aromatic rings. The van der Waals surface area contributed by atoms with E-state index in [1.165, 1.54) is 6.07 Å². The molecular formula is C10H11F3N2O. The maximum Gasteiger partial charge on any atom is 0.485 e. The van der Waals surface area contributed by atoms with Crippen LogP contribution in [-0.2, 0) is 0 Å². The number of alkyl halides is 3. The van der Waals surface area contributed by atoms with Gasteiger partial charge in [-0.25, -0.2) is 10.1 Å². The molecular weight excluding hydrogens is 221 g/mol. The second-order valence-electron chi connectivity index (χ2n) is 3.32. The Morgan fingerprint density at radius 1 is 1.25 bits per heavy atom. The van der Waals surface area contributed by atoms with Gasteiger partial charge in [-0.1, -0.05) is 12.1 Å². The van der Waals surface area contributed by atoms with Crippen molar-refractivity contribution in [2.45, 2.75) is 20.1 Å². The number of hydrogen-bond acceptors (Lipinski definition) is 1. The largest absolute Gasteiger partial charge is 0.485 e. The number of nitrogens with one attached hydrogen (secondary N) is 2. The minimum absolute atomic E-state index is 0.363. The van der Waals surface area contributed by atoms with Crippen molar-refractivity contribution in [2.75, 3.05) is 5.32 Å². The SMILES string of the molecule is Cc1cccc(NC(=O)NC(F)(F)F)c1C. The van der Waals surface area contributed by atoms with Gasteiger partial charge in [0.25, 0.3) is 0 Å². The predicted molar refractivity (Wildman–Crippen MR) is 54.1 cm³/mol. The summed E-state index contributed by atoms with van der Waals surface area (Å²) in [7, 11) is 0. The fraction of sp³-hybridized carbons (Fsp3) is 0.300. The molecule has 0 spiro atoms. The van der Waals surface area contributed by atoms with Crippen LogP contribution in [0.5, 0.6) is 0 Å². The monoisotopic (exact) mass is 232 g/mol. The molecule has 88 valence electrons. The van der Waals surface area contributed by atoms with Crippen LogP contribution in [0.15, 0.2) is 18.2 Å². The molecule has 0 radical (unpaired) electrons. The number of carbonyl (C=O) groups excluding carboxylic acids is 1. The Morgan fingerprint density at radius 2 is 1.88 bits per heavy atom. The van der Waals surface area contributed by atoms with Crippen molar-refractivity contribution in [1.82, 2.24) is 5.32 Å². The molecule has 1 aromatic carbocycles. The van der Waals surface area contributed by atoms with E-state index in [1.54, 1.807) is 13.0 Å².